The predicted octanol–water partition coefficient (Wildman–Crippen LogP) is 1.66. The standard InChI is InChI=1S/C23H37N5O5S/c1-4-27(5-2)15-10-16-34(31,32)26-20(14-13-19-11-8-7-9-12-19)23-24-21(18-29)28(25-23)17-22(30)33-6-3/h7-9,11-12,20,26,29H,4-6,10,13-18H2,1-3H3/t20-/m1/s1. The van der Waals surface area contributed by atoms with Gasteiger partial charge in [-0.2, -0.15) is 5.10 Å². The highest BCUT2D eigenvalue weighted by Crippen LogP contribution is 2.19. The molecule has 1 heterocycles. The second-order valence-corrected chi connectivity index (χ2v) is 9.77. The lowest BCUT2D eigenvalue weighted by Crippen LogP contribution is -2.33. The monoisotopic (exact) mass is 495 g/mol. The molecule has 11 heteroatoms. The van der Waals surface area contributed by atoms with Crippen LogP contribution in [0, 0.1) is 0 Å². The molecule has 0 radical (unpaired) electrons. The minimum absolute atomic E-state index is 0.0122. The summed E-state index contributed by atoms with van der Waals surface area (Å²) in [6.45, 7) is 7.82. The van der Waals surface area contributed by atoms with Crippen LogP contribution in [0.25, 0.3) is 0 Å². The normalized spacial score (nSPS) is 12.7. The molecule has 2 aromatic rings. The van der Waals surface area contributed by atoms with Crippen LogP contribution in [-0.2, 0) is 39.1 Å². The molecule has 1 aromatic heterocycles. The van der Waals surface area contributed by atoms with Crippen LogP contribution >= 0.6 is 0 Å². The largest absolute Gasteiger partial charge is 0.465 e. The molecule has 0 bridgehead atoms. The minimum Gasteiger partial charge on any atom is -0.465 e. The van der Waals surface area contributed by atoms with E-state index in [1.54, 1.807) is 6.92 Å². The van der Waals surface area contributed by atoms with E-state index in [9.17, 15) is 18.3 Å². The number of esters is 1. The summed E-state index contributed by atoms with van der Waals surface area (Å²) in [7, 11) is -3.61. The number of aliphatic hydroxyl groups excluding tert-OH is 1. The van der Waals surface area contributed by atoms with Crippen LogP contribution in [0.4, 0.5) is 0 Å². The van der Waals surface area contributed by atoms with Crippen molar-refractivity contribution in [2.24, 2.45) is 0 Å². The number of aliphatic hydroxyl groups is 1. The fourth-order valence-corrected chi connectivity index (χ4v) is 4.89. The van der Waals surface area contributed by atoms with Gasteiger partial charge in [-0.25, -0.2) is 22.8 Å². The summed E-state index contributed by atoms with van der Waals surface area (Å²) in [6, 6.07) is 9.03. The van der Waals surface area contributed by atoms with Crippen molar-refractivity contribution in [1.29, 1.82) is 0 Å². The van der Waals surface area contributed by atoms with Gasteiger partial charge in [0.05, 0.1) is 18.4 Å². The fourth-order valence-electron chi connectivity index (χ4n) is 3.60. The van der Waals surface area contributed by atoms with Crippen molar-refractivity contribution in [3.8, 4) is 0 Å². The molecule has 1 aromatic carbocycles. The molecule has 0 fully saturated rings. The maximum atomic E-state index is 12.9. The van der Waals surface area contributed by atoms with Crippen LogP contribution in [0.3, 0.4) is 0 Å². The molecule has 0 saturated carbocycles. The van der Waals surface area contributed by atoms with Gasteiger partial charge in [0.2, 0.25) is 10.0 Å². The molecule has 10 nitrogen and oxygen atoms in total. The molecule has 0 aliphatic carbocycles. The highest BCUT2D eigenvalue weighted by atomic mass is 32.2. The van der Waals surface area contributed by atoms with Crippen molar-refractivity contribution in [3.05, 3.63) is 47.5 Å². The maximum absolute atomic E-state index is 12.9. The predicted molar refractivity (Wildman–Crippen MR) is 129 cm³/mol. The molecule has 0 amide bonds. The van der Waals surface area contributed by atoms with E-state index in [4.69, 9.17) is 4.74 Å². The molecule has 0 aliphatic heterocycles. The molecule has 1 atom stereocenters. The van der Waals surface area contributed by atoms with Gasteiger partial charge in [-0.05, 0) is 51.4 Å². The summed E-state index contributed by atoms with van der Waals surface area (Å²) in [6.07, 6.45) is 1.54. The van der Waals surface area contributed by atoms with Gasteiger partial charge in [-0.15, -0.1) is 0 Å². The second kappa shape index (κ2) is 14.1. The number of rotatable bonds is 16. The van der Waals surface area contributed by atoms with E-state index in [1.165, 1.54) is 4.68 Å². The summed E-state index contributed by atoms with van der Waals surface area (Å²) >= 11 is 0. The van der Waals surface area contributed by atoms with Crippen molar-refractivity contribution in [3.63, 3.8) is 0 Å². The number of aryl methyl sites for hydroxylation is 1. The Balaban J connectivity index is 2.20. The molecular formula is C23H37N5O5S. The zero-order valence-corrected chi connectivity index (χ0v) is 21.1. The highest BCUT2D eigenvalue weighted by Gasteiger charge is 2.25. The van der Waals surface area contributed by atoms with E-state index < -0.39 is 28.6 Å². The number of ether oxygens (including phenoxy) is 1. The summed E-state index contributed by atoms with van der Waals surface area (Å²) in [4.78, 5) is 18.4. The molecule has 2 rings (SSSR count). The lowest BCUT2D eigenvalue weighted by molar-refractivity contribution is -0.144. The van der Waals surface area contributed by atoms with Crippen molar-refractivity contribution < 1.29 is 23.1 Å². The Labute approximate surface area is 202 Å². The first-order chi connectivity index (χ1) is 16.3. The first-order valence-electron chi connectivity index (χ1n) is 11.8. The fraction of sp³-hybridized carbons (Fsp3) is 0.609. The van der Waals surface area contributed by atoms with Crippen molar-refractivity contribution in [2.45, 2.75) is 59.2 Å². The average molecular weight is 496 g/mol. The smallest absolute Gasteiger partial charge is 0.327 e. The topological polar surface area (TPSA) is 127 Å². The van der Waals surface area contributed by atoms with Gasteiger partial charge >= 0.3 is 5.97 Å². The third-order valence-electron chi connectivity index (χ3n) is 5.47. The quantitative estimate of drug-likeness (QED) is 0.337. The van der Waals surface area contributed by atoms with Crippen molar-refractivity contribution in [2.75, 3.05) is 32.0 Å². The summed E-state index contributed by atoms with van der Waals surface area (Å²) in [5, 5.41) is 14.0. The van der Waals surface area contributed by atoms with E-state index in [0.717, 1.165) is 18.7 Å². The third-order valence-corrected chi connectivity index (χ3v) is 6.94. The van der Waals surface area contributed by atoms with E-state index >= 15 is 0 Å². The summed E-state index contributed by atoms with van der Waals surface area (Å²) < 4.78 is 34.8. The number of carbonyl (C=O) groups is 1. The molecule has 0 spiro atoms. The summed E-state index contributed by atoms with van der Waals surface area (Å²) in [5.41, 5.74) is 1.06. The zero-order chi connectivity index (χ0) is 25.0. The summed E-state index contributed by atoms with van der Waals surface area (Å²) in [5.74, 6) is -0.126. The minimum atomic E-state index is -3.61. The lowest BCUT2D eigenvalue weighted by atomic mass is 10.1. The van der Waals surface area contributed by atoms with Crippen LogP contribution < -0.4 is 4.72 Å². The Kier molecular flexibility index (Phi) is 11.6. The van der Waals surface area contributed by atoms with E-state index in [0.29, 0.717) is 25.8 Å². The number of hydrogen-bond acceptors (Lipinski definition) is 8. The van der Waals surface area contributed by atoms with Crippen molar-refractivity contribution >= 4 is 16.0 Å². The Morgan fingerprint density at radius 2 is 1.91 bits per heavy atom. The molecule has 0 saturated heterocycles. The molecular weight excluding hydrogens is 458 g/mol. The highest BCUT2D eigenvalue weighted by molar-refractivity contribution is 7.89. The van der Waals surface area contributed by atoms with Gasteiger partial charge in [-0.3, -0.25) is 4.79 Å². The van der Waals surface area contributed by atoms with Gasteiger partial charge in [0.25, 0.3) is 0 Å². The van der Waals surface area contributed by atoms with Gasteiger partial charge in [0, 0.05) is 0 Å². The van der Waals surface area contributed by atoms with Gasteiger partial charge < -0.3 is 14.7 Å². The average Bonchev–Trinajstić information content (AvgIpc) is 3.22. The van der Waals surface area contributed by atoms with E-state index in [-0.39, 0.29) is 30.6 Å². The van der Waals surface area contributed by atoms with Crippen molar-refractivity contribution in [1.82, 2.24) is 24.4 Å². The Bertz CT molecular complexity index is 977. The Morgan fingerprint density at radius 3 is 2.53 bits per heavy atom. The third kappa shape index (κ3) is 9.13. The Hall–Kier alpha value is -2.34. The van der Waals surface area contributed by atoms with Gasteiger partial charge in [0.1, 0.15) is 13.2 Å². The molecule has 34 heavy (non-hydrogen) atoms. The first-order valence-corrected chi connectivity index (χ1v) is 13.4. The maximum Gasteiger partial charge on any atom is 0.327 e. The number of benzene rings is 1. The molecule has 190 valence electrons. The molecule has 0 unspecified atom stereocenters. The Morgan fingerprint density at radius 1 is 1.21 bits per heavy atom. The molecule has 2 N–H and O–H groups in total. The number of carbonyl (C=O) groups excluding carboxylic acids is 1. The van der Waals surface area contributed by atoms with Gasteiger partial charge in [-0.1, -0.05) is 44.2 Å². The number of aromatic nitrogens is 3. The second-order valence-electron chi connectivity index (χ2n) is 7.90. The number of hydrogen-bond donors (Lipinski definition) is 2. The van der Waals surface area contributed by atoms with E-state index in [2.05, 4.69) is 19.7 Å². The number of nitrogens with one attached hydrogen (secondary N) is 1. The molecule has 0 aliphatic rings. The number of nitrogens with zero attached hydrogens (tertiary/aromatic N) is 4. The lowest BCUT2D eigenvalue weighted by Gasteiger charge is -2.19. The van der Waals surface area contributed by atoms with Crippen LogP contribution in [-0.4, -0.2) is 71.2 Å². The SMILES string of the molecule is CCOC(=O)Cn1nc([C@@H](CCc2ccccc2)NS(=O)(=O)CCCN(CC)CC)nc1CO. The zero-order valence-electron chi connectivity index (χ0n) is 20.3. The number of sulfonamides is 1. The van der Waals surface area contributed by atoms with Crippen LogP contribution in [0.1, 0.15) is 56.9 Å². The van der Waals surface area contributed by atoms with Crippen LogP contribution in [0.5, 0.6) is 0 Å². The first kappa shape index (κ1) is 27.9. The van der Waals surface area contributed by atoms with Crippen LogP contribution in [0.2, 0.25) is 0 Å². The van der Waals surface area contributed by atoms with E-state index in [1.807, 2.05) is 44.2 Å². The van der Waals surface area contributed by atoms with Gasteiger partial charge in [0.15, 0.2) is 11.6 Å². The van der Waals surface area contributed by atoms with Crippen LogP contribution in [0.15, 0.2) is 30.3 Å².